The SMILES string of the molecule is O=C(OCCCS(=O)(=O)[O-])c1ccc2c(c1)C(=O)c1ccccc1C2=O. The Labute approximate surface area is 149 Å². The lowest BCUT2D eigenvalue weighted by molar-refractivity contribution is 0.0505. The Hall–Kier alpha value is -2.84. The molecule has 134 valence electrons. The molecule has 0 heterocycles. The molecule has 0 fully saturated rings. The minimum atomic E-state index is -4.36. The quantitative estimate of drug-likeness (QED) is 0.378. The minimum absolute atomic E-state index is 0.0641. The summed E-state index contributed by atoms with van der Waals surface area (Å²) in [6.45, 7) is -0.243. The third-order valence-electron chi connectivity index (χ3n) is 3.93. The van der Waals surface area contributed by atoms with Crippen LogP contribution < -0.4 is 0 Å². The predicted octanol–water partition coefficient (Wildman–Crippen LogP) is 1.55. The summed E-state index contributed by atoms with van der Waals surface area (Å²) in [5.41, 5.74) is 0.984. The standard InChI is InChI=1S/C18H14O7S/c19-16-12-4-1-2-5-13(12)17(20)15-10-11(6-7-14(15)16)18(21)25-8-3-9-26(22,23)24/h1-2,4-7,10H,3,8-9H2,(H,22,23,24)/p-1. The van der Waals surface area contributed by atoms with Gasteiger partial charge in [-0.05, 0) is 24.6 Å². The Morgan fingerprint density at radius 2 is 1.50 bits per heavy atom. The molecule has 0 saturated carbocycles. The maximum absolute atomic E-state index is 12.6. The van der Waals surface area contributed by atoms with Crippen molar-refractivity contribution in [2.75, 3.05) is 12.4 Å². The summed E-state index contributed by atoms with van der Waals surface area (Å²) in [6, 6.07) is 10.5. The van der Waals surface area contributed by atoms with Gasteiger partial charge in [0.15, 0.2) is 11.6 Å². The van der Waals surface area contributed by atoms with Gasteiger partial charge >= 0.3 is 5.97 Å². The molecule has 0 N–H and O–H groups in total. The molecule has 1 aliphatic carbocycles. The van der Waals surface area contributed by atoms with Gasteiger partial charge in [-0.1, -0.05) is 24.3 Å². The van der Waals surface area contributed by atoms with Gasteiger partial charge in [-0.25, -0.2) is 13.2 Å². The predicted molar refractivity (Wildman–Crippen MR) is 89.2 cm³/mol. The Kier molecular flexibility index (Phi) is 4.71. The molecule has 0 unspecified atom stereocenters. The van der Waals surface area contributed by atoms with Gasteiger partial charge in [0.25, 0.3) is 0 Å². The first kappa shape index (κ1) is 18.0. The normalized spacial score (nSPS) is 13.1. The zero-order valence-corrected chi connectivity index (χ0v) is 14.2. The molecule has 2 aromatic carbocycles. The molecule has 2 aromatic rings. The van der Waals surface area contributed by atoms with Crippen molar-refractivity contribution in [2.45, 2.75) is 6.42 Å². The molecule has 0 aromatic heterocycles. The van der Waals surface area contributed by atoms with E-state index in [1.807, 2.05) is 0 Å². The molecular formula is C18H13O7S-. The van der Waals surface area contributed by atoms with Crippen LogP contribution >= 0.6 is 0 Å². The molecule has 26 heavy (non-hydrogen) atoms. The molecule has 8 heteroatoms. The second-order valence-electron chi connectivity index (χ2n) is 5.72. The fourth-order valence-corrected chi connectivity index (χ4v) is 3.18. The Balaban J connectivity index is 1.80. The number of esters is 1. The molecule has 0 amide bonds. The van der Waals surface area contributed by atoms with Gasteiger partial charge in [0.05, 0.1) is 22.3 Å². The van der Waals surface area contributed by atoms with Crippen LogP contribution in [0.5, 0.6) is 0 Å². The third kappa shape index (κ3) is 3.56. The maximum Gasteiger partial charge on any atom is 0.338 e. The van der Waals surface area contributed by atoms with E-state index in [4.69, 9.17) is 4.74 Å². The van der Waals surface area contributed by atoms with Crippen molar-refractivity contribution in [3.05, 3.63) is 70.3 Å². The van der Waals surface area contributed by atoms with E-state index in [2.05, 4.69) is 0 Å². The second kappa shape index (κ2) is 6.81. The van der Waals surface area contributed by atoms with Crippen LogP contribution in [0.2, 0.25) is 0 Å². The fourth-order valence-electron chi connectivity index (χ4n) is 2.71. The summed E-state index contributed by atoms with van der Waals surface area (Å²) in [7, 11) is -4.36. The van der Waals surface area contributed by atoms with Gasteiger partial charge in [0, 0.05) is 28.0 Å². The Morgan fingerprint density at radius 1 is 0.923 bits per heavy atom. The Bertz CT molecular complexity index is 1020. The maximum atomic E-state index is 12.6. The number of carbonyl (C=O) groups excluding carboxylic acids is 3. The summed E-state index contributed by atoms with van der Waals surface area (Å²) in [6.07, 6.45) is -0.118. The first-order chi connectivity index (χ1) is 12.3. The van der Waals surface area contributed by atoms with Crippen LogP contribution in [0.1, 0.15) is 48.6 Å². The van der Waals surface area contributed by atoms with E-state index in [-0.39, 0.29) is 46.8 Å². The van der Waals surface area contributed by atoms with E-state index in [9.17, 15) is 27.4 Å². The smallest absolute Gasteiger partial charge is 0.338 e. The molecule has 0 spiro atoms. The number of hydrogen-bond acceptors (Lipinski definition) is 7. The van der Waals surface area contributed by atoms with Crippen molar-refractivity contribution in [1.82, 2.24) is 0 Å². The van der Waals surface area contributed by atoms with Crippen LogP contribution in [0, 0.1) is 0 Å². The summed E-state index contributed by atoms with van der Waals surface area (Å²) in [4.78, 5) is 37.1. The van der Waals surface area contributed by atoms with E-state index < -0.39 is 21.8 Å². The summed E-state index contributed by atoms with van der Waals surface area (Å²) in [5.74, 6) is -2.05. The van der Waals surface area contributed by atoms with E-state index in [0.29, 0.717) is 5.56 Å². The first-order valence-electron chi connectivity index (χ1n) is 7.71. The van der Waals surface area contributed by atoms with Crippen molar-refractivity contribution in [3.8, 4) is 0 Å². The number of ketones is 2. The minimum Gasteiger partial charge on any atom is -0.748 e. The summed E-state index contributed by atoms with van der Waals surface area (Å²) >= 11 is 0. The molecule has 0 radical (unpaired) electrons. The first-order valence-corrected chi connectivity index (χ1v) is 9.29. The van der Waals surface area contributed by atoms with Crippen molar-refractivity contribution >= 4 is 27.7 Å². The molecule has 0 bridgehead atoms. The van der Waals surface area contributed by atoms with Crippen molar-refractivity contribution < 1.29 is 32.1 Å². The lowest BCUT2D eigenvalue weighted by atomic mass is 9.83. The van der Waals surface area contributed by atoms with Crippen LogP contribution in [-0.4, -0.2) is 42.9 Å². The van der Waals surface area contributed by atoms with Crippen LogP contribution in [0.25, 0.3) is 0 Å². The fraction of sp³-hybridized carbons (Fsp3) is 0.167. The van der Waals surface area contributed by atoms with E-state index in [1.54, 1.807) is 24.3 Å². The molecule has 0 saturated heterocycles. The number of ether oxygens (including phenoxy) is 1. The van der Waals surface area contributed by atoms with Gasteiger partial charge in [0.2, 0.25) is 0 Å². The van der Waals surface area contributed by atoms with Crippen LogP contribution in [0.3, 0.4) is 0 Å². The lowest BCUT2D eigenvalue weighted by Gasteiger charge is -2.17. The number of benzene rings is 2. The highest BCUT2D eigenvalue weighted by atomic mass is 32.2. The highest BCUT2D eigenvalue weighted by Crippen LogP contribution is 2.28. The summed E-state index contributed by atoms with van der Waals surface area (Å²) in [5, 5.41) is 0. The molecule has 0 atom stereocenters. The van der Waals surface area contributed by atoms with Crippen LogP contribution in [0.15, 0.2) is 42.5 Å². The monoisotopic (exact) mass is 373 g/mol. The highest BCUT2D eigenvalue weighted by molar-refractivity contribution is 7.85. The average molecular weight is 373 g/mol. The number of carbonyl (C=O) groups is 3. The topological polar surface area (TPSA) is 118 Å². The lowest BCUT2D eigenvalue weighted by Crippen LogP contribution is -2.21. The van der Waals surface area contributed by atoms with Crippen LogP contribution in [-0.2, 0) is 14.9 Å². The second-order valence-corrected chi connectivity index (χ2v) is 7.24. The number of hydrogen-bond donors (Lipinski definition) is 0. The zero-order chi connectivity index (χ0) is 18.9. The van der Waals surface area contributed by atoms with Crippen molar-refractivity contribution in [2.24, 2.45) is 0 Å². The zero-order valence-electron chi connectivity index (χ0n) is 13.4. The van der Waals surface area contributed by atoms with Gasteiger partial charge in [-0.2, -0.15) is 0 Å². The van der Waals surface area contributed by atoms with Gasteiger partial charge < -0.3 is 9.29 Å². The summed E-state index contributed by atoms with van der Waals surface area (Å²) < 4.78 is 36.4. The largest absolute Gasteiger partial charge is 0.748 e. The Morgan fingerprint density at radius 3 is 2.12 bits per heavy atom. The van der Waals surface area contributed by atoms with Crippen LogP contribution in [0.4, 0.5) is 0 Å². The third-order valence-corrected chi connectivity index (χ3v) is 4.72. The van der Waals surface area contributed by atoms with Crippen molar-refractivity contribution in [3.63, 3.8) is 0 Å². The van der Waals surface area contributed by atoms with Gasteiger partial charge in [0.1, 0.15) is 0 Å². The number of fused-ring (bicyclic) bond motifs is 2. The van der Waals surface area contributed by atoms with Crippen molar-refractivity contribution in [1.29, 1.82) is 0 Å². The van der Waals surface area contributed by atoms with Gasteiger partial charge in [-0.15, -0.1) is 0 Å². The molecular weight excluding hydrogens is 360 g/mol. The molecule has 7 nitrogen and oxygen atoms in total. The van der Waals surface area contributed by atoms with Gasteiger partial charge in [-0.3, -0.25) is 9.59 Å². The molecule has 0 aliphatic heterocycles. The molecule has 3 rings (SSSR count). The molecule has 1 aliphatic rings. The average Bonchev–Trinajstić information content (AvgIpc) is 2.62. The highest BCUT2D eigenvalue weighted by Gasteiger charge is 2.30. The van der Waals surface area contributed by atoms with E-state index >= 15 is 0 Å². The van der Waals surface area contributed by atoms with E-state index in [1.165, 1.54) is 18.2 Å². The number of rotatable bonds is 5. The van der Waals surface area contributed by atoms with E-state index in [0.717, 1.165) is 0 Å².